The highest BCUT2D eigenvalue weighted by Crippen LogP contribution is 2.26. The van der Waals surface area contributed by atoms with Gasteiger partial charge in [-0.05, 0) is 36.1 Å². The highest BCUT2D eigenvalue weighted by molar-refractivity contribution is 7.89. The highest BCUT2D eigenvalue weighted by atomic mass is 35.5. The number of hydrogen-bond acceptors (Lipinski definition) is 4. The first-order valence-corrected chi connectivity index (χ1v) is 8.83. The molecule has 0 bridgehead atoms. The van der Waals surface area contributed by atoms with E-state index in [0.29, 0.717) is 0 Å². The first kappa shape index (κ1) is 16.4. The van der Waals surface area contributed by atoms with Crippen LogP contribution in [0.4, 0.5) is 4.39 Å². The molecule has 0 amide bonds. The van der Waals surface area contributed by atoms with Crippen LogP contribution in [-0.2, 0) is 16.6 Å². The van der Waals surface area contributed by atoms with E-state index in [1.165, 1.54) is 17.4 Å². The Labute approximate surface area is 131 Å². The molecule has 8 heteroatoms. The lowest BCUT2D eigenvalue weighted by molar-refractivity contribution is 0.565. The van der Waals surface area contributed by atoms with E-state index >= 15 is 0 Å². The topological polar surface area (TPSA) is 72.2 Å². The van der Waals surface area contributed by atoms with Crippen molar-refractivity contribution in [2.24, 2.45) is 5.73 Å². The Bertz CT molecular complexity index is 733. The van der Waals surface area contributed by atoms with Gasteiger partial charge in [0.05, 0.1) is 16.0 Å². The summed E-state index contributed by atoms with van der Waals surface area (Å²) in [5.74, 6) is -0.802. The zero-order chi connectivity index (χ0) is 15.6. The van der Waals surface area contributed by atoms with E-state index < -0.39 is 21.9 Å². The normalized spacial score (nSPS) is 13.3. The number of hydrogen-bond donors (Lipinski definition) is 2. The Morgan fingerprint density at radius 1 is 1.48 bits per heavy atom. The van der Waals surface area contributed by atoms with E-state index in [4.69, 9.17) is 17.3 Å². The van der Waals surface area contributed by atoms with Crippen molar-refractivity contribution < 1.29 is 12.8 Å². The van der Waals surface area contributed by atoms with Crippen molar-refractivity contribution >= 4 is 33.0 Å². The number of nitrogens with one attached hydrogen (secondary N) is 1. The highest BCUT2D eigenvalue weighted by Gasteiger charge is 2.21. The fourth-order valence-electron chi connectivity index (χ4n) is 1.82. The van der Waals surface area contributed by atoms with Crippen LogP contribution in [0.5, 0.6) is 0 Å². The predicted molar refractivity (Wildman–Crippen MR) is 82.4 cm³/mol. The van der Waals surface area contributed by atoms with Gasteiger partial charge in [-0.3, -0.25) is 0 Å². The van der Waals surface area contributed by atoms with E-state index in [0.717, 1.165) is 10.9 Å². The standard InChI is InChI=1S/C13H14ClFN2O2S2/c1-8(12-3-2-4-20-12)17-21(18,19)10-5-9(7-16)13(14)11(15)6-10/h2-6,8,17H,7,16H2,1H3. The van der Waals surface area contributed by atoms with E-state index in [1.54, 1.807) is 6.92 Å². The van der Waals surface area contributed by atoms with Crippen molar-refractivity contribution in [3.05, 3.63) is 50.9 Å². The fraction of sp³-hybridized carbons (Fsp3) is 0.231. The maximum Gasteiger partial charge on any atom is 0.241 e. The molecular weight excluding hydrogens is 335 g/mol. The molecule has 1 aromatic heterocycles. The summed E-state index contributed by atoms with van der Waals surface area (Å²) >= 11 is 7.17. The third-order valence-electron chi connectivity index (χ3n) is 2.91. The van der Waals surface area contributed by atoms with Gasteiger partial charge in [0.1, 0.15) is 5.82 Å². The van der Waals surface area contributed by atoms with Crippen LogP contribution in [0.2, 0.25) is 5.02 Å². The minimum atomic E-state index is -3.85. The van der Waals surface area contributed by atoms with Crippen molar-refractivity contribution in [3.63, 3.8) is 0 Å². The molecule has 0 aliphatic carbocycles. The van der Waals surface area contributed by atoms with Gasteiger partial charge >= 0.3 is 0 Å². The fourth-order valence-corrected chi connectivity index (χ4v) is 4.10. The lowest BCUT2D eigenvalue weighted by Gasteiger charge is -2.14. The smallest absolute Gasteiger partial charge is 0.241 e. The largest absolute Gasteiger partial charge is 0.326 e. The third kappa shape index (κ3) is 3.61. The number of halogens is 2. The third-order valence-corrected chi connectivity index (χ3v) is 5.91. The second kappa shape index (κ2) is 6.41. The molecule has 4 nitrogen and oxygen atoms in total. The predicted octanol–water partition coefficient (Wildman–Crippen LogP) is 3.04. The van der Waals surface area contributed by atoms with Crippen molar-refractivity contribution in [2.75, 3.05) is 0 Å². The zero-order valence-corrected chi connectivity index (χ0v) is 13.5. The van der Waals surface area contributed by atoms with Crippen molar-refractivity contribution in [1.29, 1.82) is 0 Å². The minimum Gasteiger partial charge on any atom is -0.326 e. The second-order valence-corrected chi connectivity index (χ2v) is 7.51. The Hall–Kier alpha value is -0.990. The van der Waals surface area contributed by atoms with Crippen LogP contribution < -0.4 is 10.5 Å². The molecule has 114 valence electrons. The molecule has 2 aromatic rings. The van der Waals surface area contributed by atoms with Crippen LogP contribution in [-0.4, -0.2) is 8.42 Å². The van der Waals surface area contributed by atoms with Crippen molar-refractivity contribution in [3.8, 4) is 0 Å². The molecule has 0 aliphatic rings. The lowest BCUT2D eigenvalue weighted by atomic mass is 10.2. The van der Waals surface area contributed by atoms with Crippen LogP contribution in [0, 0.1) is 5.82 Å². The van der Waals surface area contributed by atoms with Crippen LogP contribution in [0.1, 0.15) is 23.4 Å². The van der Waals surface area contributed by atoms with Crippen molar-refractivity contribution in [1.82, 2.24) is 4.72 Å². The summed E-state index contributed by atoms with van der Waals surface area (Å²) in [6.45, 7) is 1.68. The van der Waals surface area contributed by atoms with Gasteiger partial charge in [-0.15, -0.1) is 11.3 Å². The molecule has 0 saturated carbocycles. The van der Waals surface area contributed by atoms with Crippen LogP contribution in [0.15, 0.2) is 34.5 Å². The van der Waals surface area contributed by atoms with Gasteiger partial charge in [0, 0.05) is 11.4 Å². The molecular formula is C13H14ClFN2O2S2. The Morgan fingerprint density at radius 3 is 2.76 bits per heavy atom. The molecule has 1 heterocycles. The molecule has 21 heavy (non-hydrogen) atoms. The number of benzene rings is 1. The molecule has 1 atom stereocenters. The number of thiophene rings is 1. The first-order chi connectivity index (χ1) is 9.85. The number of sulfonamides is 1. The number of nitrogens with two attached hydrogens (primary N) is 1. The van der Waals surface area contributed by atoms with Crippen molar-refractivity contribution in [2.45, 2.75) is 24.4 Å². The summed E-state index contributed by atoms with van der Waals surface area (Å²) in [6, 6.07) is 5.43. The molecule has 3 N–H and O–H groups in total. The molecule has 0 saturated heterocycles. The quantitative estimate of drug-likeness (QED) is 0.872. The van der Waals surface area contributed by atoms with Crippen LogP contribution in [0.3, 0.4) is 0 Å². The van der Waals surface area contributed by atoms with E-state index in [2.05, 4.69) is 4.72 Å². The van der Waals surface area contributed by atoms with Gasteiger partial charge < -0.3 is 5.73 Å². The van der Waals surface area contributed by atoms with Gasteiger partial charge in [-0.2, -0.15) is 0 Å². The van der Waals surface area contributed by atoms with E-state index in [-0.39, 0.29) is 22.0 Å². The summed E-state index contributed by atoms with van der Waals surface area (Å²) in [7, 11) is -3.85. The lowest BCUT2D eigenvalue weighted by Crippen LogP contribution is -2.26. The van der Waals surface area contributed by atoms with Gasteiger partial charge in [0.25, 0.3) is 0 Å². The number of rotatable bonds is 5. The molecule has 0 aliphatic heterocycles. The summed E-state index contributed by atoms with van der Waals surface area (Å²) < 4.78 is 40.8. The average Bonchev–Trinajstić information content (AvgIpc) is 2.95. The SMILES string of the molecule is CC(NS(=O)(=O)c1cc(F)c(Cl)c(CN)c1)c1cccs1. The maximum atomic E-state index is 13.7. The van der Waals surface area contributed by atoms with Crippen LogP contribution >= 0.6 is 22.9 Å². The summed E-state index contributed by atoms with van der Waals surface area (Å²) in [5.41, 5.74) is 5.70. The first-order valence-electron chi connectivity index (χ1n) is 6.09. The van der Waals surface area contributed by atoms with Gasteiger partial charge in [0.15, 0.2) is 0 Å². The summed E-state index contributed by atoms with van der Waals surface area (Å²) in [4.78, 5) is 0.681. The molecule has 0 fully saturated rings. The zero-order valence-electron chi connectivity index (χ0n) is 11.1. The molecule has 0 spiro atoms. The summed E-state index contributed by atoms with van der Waals surface area (Å²) in [5, 5.41) is 1.71. The van der Waals surface area contributed by atoms with Gasteiger partial charge in [-0.25, -0.2) is 17.5 Å². The Kier molecular flexibility index (Phi) is 5.00. The average molecular weight is 349 g/mol. The Morgan fingerprint density at radius 2 is 2.19 bits per heavy atom. The Balaban J connectivity index is 2.34. The minimum absolute atomic E-state index is 0.0421. The maximum absolute atomic E-state index is 13.7. The van der Waals surface area contributed by atoms with E-state index in [1.807, 2.05) is 17.5 Å². The van der Waals surface area contributed by atoms with Crippen LogP contribution in [0.25, 0.3) is 0 Å². The van der Waals surface area contributed by atoms with Gasteiger partial charge in [-0.1, -0.05) is 17.7 Å². The molecule has 1 unspecified atom stereocenters. The molecule has 0 radical (unpaired) electrons. The monoisotopic (exact) mass is 348 g/mol. The second-order valence-electron chi connectivity index (χ2n) is 4.44. The van der Waals surface area contributed by atoms with E-state index in [9.17, 15) is 12.8 Å². The summed E-state index contributed by atoms with van der Waals surface area (Å²) in [6.07, 6.45) is 0. The van der Waals surface area contributed by atoms with Gasteiger partial charge in [0.2, 0.25) is 10.0 Å². The molecule has 2 rings (SSSR count). The molecule has 1 aromatic carbocycles.